The summed E-state index contributed by atoms with van der Waals surface area (Å²) in [6.07, 6.45) is 9.03. The van der Waals surface area contributed by atoms with Gasteiger partial charge in [-0.05, 0) is 43.4 Å². The fraction of sp³-hybridized carbons (Fsp3) is 0.615. The van der Waals surface area contributed by atoms with E-state index in [0.717, 1.165) is 24.9 Å². The lowest BCUT2D eigenvalue weighted by Crippen LogP contribution is -2.32. The summed E-state index contributed by atoms with van der Waals surface area (Å²) in [4.78, 5) is 4.12. The molecule has 1 aromatic heterocycles. The molecule has 1 aliphatic carbocycles. The van der Waals surface area contributed by atoms with Crippen molar-refractivity contribution in [3.05, 3.63) is 30.1 Å². The molecule has 1 aliphatic rings. The number of rotatable bonds is 4. The maximum absolute atomic E-state index is 4.12. The van der Waals surface area contributed by atoms with Crippen molar-refractivity contribution in [2.24, 2.45) is 5.92 Å². The highest BCUT2D eigenvalue weighted by Crippen LogP contribution is 2.24. The van der Waals surface area contributed by atoms with Crippen molar-refractivity contribution in [2.45, 2.75) is 38.6 Å². The predicted molar refractivity (Wildman–Crippen MR) is 62.7 cm³/mol. The van der Waals surface area contributed by atoms with E-state index in [-0.39, 0.29) is 0 Å². The molecule has 0 radical (unpaired) electrons. The molecule has 2 heteroatoms. The molecule has 82 valence electrons. The first-order chi connectivity index (χ1) is 7.36. The van der Waals surface area contributed by atoms with Crippen molar-refractivity contribution in [1.29, 1.82) is 0 Å². The zero-order valence-electron chi connectivity index (χ0n) is 9.45. The summed E-state index contributed by atoms with van der Waals surface area (Å²) >= 11 is 0. The monoisotopic (exact) mass is 204 g/mol. The Morgan fingerprint density at radius 3 is 3.07 bits per heavy atom. The minimum atomic E-state index is 0.752. The van der Waals surface area contributed by atoms with E-state index in [1.807, 2.05) is 18.5 Å². The highest BCUT2D eigenvalue weighted by atomic mass is 14.9. The summed E-state index contributed by atoms with van der Waals surface area (Å²) in [5, 5.41) is 3.65. The summed E-state index contributed by atoms with van der Waals surface area (Å²) in [5.74, 6) is 0.860. The van der Waals surface area contributed by atoms with Crippen LogP contribution in [0.1, 0.15) is 31.7 Å². The fourth-order valence-corrected chi connectivity index (χ4v) is 2.40. The maximum Gasteiger partial charge on any atom is 0.0300 e. The van der Waals surface area contributed by atoms with Gasteiger partial charge in [-0.2, -0.15) is 0 Å². The summed E-state index contributed by atoms with van der Waals surface area (Å²) < 4.78 is 0. The van der Waals surface area contributed by atoms with Crippen LogP contribution in [0.15, 0.2) is 24.5 Å². The van der Waals surface area contributed by atoms with E-state index in [1.54, 1.807) is 0 Å². The first-order valence-electron chi connectivity index (χ1n) is 5.98. The lowest BCUT2D eigenvalue weighted by Gasteiger charge is -2.16. The van der Waals surface area contributed by atoms with Crippen LogP contribution in [0.25, 0.3) is 0 Å². The minimum Gasteiger partial charge on any atom is -0.313 e. The first kappa shape index (κ1) is 10.6. The SMILES string of the molecule is CC1CCCC1NCCc1cccnc1. The van der Waals surface area contributed by atoms with Crippen molar-refractivity contribution < 1.29 is 0 Å². The van der Waals surface area contributed by atoms with Crippen LogP contribution in [-0.4, -0.2) is 17.6 Å². The van der Waals surface area contributed by atoms with Gasteiger partial charge in [-0.1, -0.05) is 19.4 Å². The third kappa shape index (κ3) is 3.03. The molecule has 0 amide bonds. The largest absolute Gasteiger partial charge is 0.313 e. The summed E-state index contributed by atoms with van der Waals surface area (Å²) in [6, 6.07) is 4.90. The standard InChI is InChI=1S/C13H20N2/c1-11-4-2-6-13(11)15-9-7-12-5-3-8-14-10-12/h3,5,8,10-11,13,15H,2,4,6-7,9H2,1H3. The van der Waals surface area contributed by atoms with E-state index in [1.165, 1.54) is 24.8 Å². The average molecular weight is 204 g/mol. The highest BCUT2D eigenvalue weighted by Gasteiger charge is 2.21. The average Bonchev–Trinajstić information content (AvgIpc) is 2.66. The van der Waals surface area contributed by atoms with E-state index < -0.39 is 0 Å². The van der Waals surface area contributed by atoms with Gasteiger partial charge >= 0.3 is 0 Å². The molecule has 0 aliphatic heterocycles. The first-order valence-corrected chi connectivity index (χ1v) is 5.98. The number of nitrogens with one attached hydrogen (secondary N) is 1. The van der Waals surface area contributed by atoms with E-state index in [4.69, 9.17) is 0 Å². The Bertz CT molecular complexity index is 284. The molecule has 0 saturated heterocycles. The minimum absolute atomic E-state index is 0.752. The quantitative estimate of drug-likeness (QED) is 0.814. The molecule has 2 nitrogen and oxygen atoms in total. The van der Waals surface area contributed by atoms with Crippen molar-refractivity contribution in [1.82, 2.24) is 10.3 Å². The van der Waals surface area contributed by atoms with Crippen LogP contribution in [0.5, 0.6) is 0 Å². The number of hydrogen-bond donors (Lipinski definition) is 1. The van der Waals surface area contributed by atoms with Crippen LogP contribution in [0.3, 0.4) is 0 Å². The molecule has 15 heavy (non-hydrogen) atoms. The van der Waals surface area contributed by atoms with Crippen LogP contribution >= 0.6 is 0 Å². The zero-order valence-corrected chi connectivity index (χ0v) is 9.45. The maximum atomic E-state index is 4.12. The second-order valence-corrected chi connectivity index (χ2v) is 4.58. The number of nitrogens with zero attached hydrogens (tertiary/aromatic N) is 1. The number of aromatic nitrogens is 1. The Morgan fingerprint density at radius 2 is 2.40 bits per heavy atom. The Balaban J connectivity index is 1.71. The third-order valence-electron chi connectivity index (χ3n) is 3.40. The predicted octanol–water partition coefficient (Wildman–Crippen LogP) is 2.40. The van der Waals surface area contributed by atoms with Crippen LogP contribution in [0.2, 0.25) is 0 Å². The topological polar surface area (TPSA) is 24.9 Å². The Labute approximate surface area is 92.1 Å². The van der Waals surface area contributed by atoms with Gasteiger partial charge in [0, 0.05) is 18.4 Å². The molecule has 1 aromatic rings. The normalized spacial score (nSPS) is 25.7. The molecule has 2 unspecified atom stereocenters. The van der Waals surface area contributed by atoms with Gasteiger partial charge in [-0.25, -0.2) is 0 Å². The Kier molecular flexibility index (Phi) is 3.73. The van der Waals surface area contributed by atoms with Crippen molar-refractivity contribution in [3.8, 4) is 0 Å². The Morgan fingerprint density at radius 1 is 1.47 bits per heavy atom. The molecule has 1 saturated carbocycles. The molecule has 1 heterocycles. The highest BCUT2D eigenvalue weighted by molar-refractivity contribution is 5.08. The van der Waals surface area contributed by atoms with Crippen LogP contribution < -0.4 is 5.32 Å². The molecule has 0 spiro atoms. The van der Waals surface area contributed by atoms with E-state index >= 15 is 0 Å². The molecule has 1 fully saturated rings. The second kappa shape index (κ2) is 5.26. The molecular weight excluding hydrogens is 184 g/mol. The molecule has 0 aromatic carbocycles. The third-order valence-corrected chi connectivity index (χ3v) is 3.40. The summed E-state index contributed by atoms with van der Waals surface area (Å²) in [5.41, 5.74) is 1.33. The van der Waals surface area contributed by atoms with Crippen molar-refractivity contribution in [3.63, 3.8) is 0 Å². The van der Waals surface area contributed by atoms with Gasteiger partial charge in [0.2, 0.25) is 0 Å². The lowest BCUT2D eigenvalue weighted by atomic mass is 10.1. The van der Waals surface area contributed by atoms with Gasteiger partial charge in [0.05, 0.1) is 0 Å². The smallest absolute Gasteiger partial charge is 0.0300 e. The molecule has 1 N–H and O–H groups in total. The molecular formula is C13H20N2. The van der Waals surface area contributed by atoms with Gasteiger partial charge < -0.3 is 5.32 Å². The van der Waals surface area contributed by atoms with Gasteiger partial charge in [-0.3, -0.25) is 4.98 Å². The van der Waals surface area contributed by atoms with Crippen LogP contribution in [-0.2, 0) is 6.42 Å². The molecule has 2 rings (SSSR count). The van der Waals surface area contributed by atoms with Gasteiger partial charge in [-0.15, -0.1) is 0 Å². The second-order valence-electron chi connectivity index (χ2n) is 4.58. The molecule has 0 bridgehead atoms. The van der Waals surface area contributed by atoms with Crippen LogP contribution in [0, 0.1) is 5.92 Å². The number of pyridine rings is 1. The lowest BCUT2D eigenvalue weighted by molar-refractivity contribution is 0.430. The van der Waals surface area contributed by atoms with Crippen molar-refractivity contribution >= 4 is 0 Å². The van der Waals surface area contributed by atoms with E-state index in [2.05, 4.69) is 23.3 Å². The number of hydrogen-bond acceptors (Lipinski definition) is 2. The van der Waals surface area contributed by atoms with Crippen LogP contribution in [0.4, 0.5) is 0 Å². The summed E-state index contributed by atoms with van der Waals surface area (Å²) in [7, 11) is 0. The van der Waals surface area contributed by atoms with Gasteiger partial charge in [0.25, 0.3) is 0 Å². The zero-order chi connectivity index (χ0) is 10.5. The Hall–Kier alpha value is -0.890. The van der Waals surface area contributed by atoms with E-state index in [0.29, 0.717) is 0 Å². The van der Waals surface area contributed by atoms with Crippen molar-refractivity contribution in [2.75, 3.05) is 6.54 Å². The fourth-order valence-electron chi connectivity index (χ4n) is 2.40. The van der Waals surface area contributed by atoms with Gasteiger partial charge in [0.1, 0.15) is 0 Å². The van der Waals surface area contributed by atoms with Gasteiger partial charge in [0.15, 0.2) is 0 Å². The summed E-state index contributed by atoms with van der Waals surface area (Å²) in [6.45, 7) is 3.44. The van der Waals surface area contributed by atoms with E-state index in [9.17, 15) is 0 Å². The molecule has 2 atom stereocenters.